The molecule has 1 aromatic heterocycles. The first-order valence-electron chi connectivity index (χ1n) is 5.80. The molecule has 0 aliphatic heterocycles. The normalized spacial score (nSPS) is 9.85. The van der Waals surface area contributed by atoms with Crippen LogP contribution in [0.25, 0.3) is 0 Å². The fraction of sp³-hybridized carbons (Fsp3) is 0.0833. The third-order valence-electron chi connectivity index (χ3n) is 2.40. The smallest absolute Gasteiger partial charge is 0.333 e. The summed E-state index contributed by atoms with van der Waals surface area (Å²) in [4.78, 5) is 27.0. The van der Waals surface area contributed by atoms with Gasteiger partial charge in [-0.15, -0.1) is 0 Å². The summed E-state index contributed by atoms with van der Waals surface area (Å²) in [7, 11) is 0. The summed E-state index contributed by atoms with van der Waals surface area (Å²) in [5.74, 6) is 5.54. The number of anilines is 2. The van der Waals surface area contributed by atoms with Gasteiger partial charge in [-0.25, -0.2) is 15.2 Å². The predicted octanol–water partition coefficient (Wildman–Crippen LogP) is 0.414. The molecule has 0 atom stereocenters. The van der Waals surface area contributed by atoms with Gasteiger partial charge in [-0.2, -0.15) is 4.68 Å². The Labute approximate surface area is 114 Å². The largest absolute Gasteiger partial charge is 0.337 e. The van der Waals surface area contributed by atoms with Crippen molar-refractivity contribution in [3.8, 4) is 0 Å². The van der Waals surface area contributed by atoms with Crippen molar-refractivity contribution < 1.29 is 4.79 Å². The molecule has 5 N–H and O–H groups in total. The highest BCUT2D eigenvalue weighted by atomic mass is 16.2. The Balaban J connectivity index is 1.99. The average Bonchev–Trinajstić information content (AvgIpc) is 2.42. The summed E-state index contributed by atoms with van der Waals surface area (Å²) >= 11 is 0. The van der Waals surface area contributed by atoms with E-state index in [1.54, 1.807) is 31.2 Å². The molecule has 0 unspecified atom stereocenters. The van der Waals surface area contributed by atoms with Crippen LogP contribution in [-0.4, -0.2) is 15.7 Å². The molecule has 2 rings (SSSR count). The zero-order valence-corrected chi connectivity index (χ0v) is 10.8. The maximum Gasteiger partial charge on any atom is 0.337 e. The van der Waals surface area contributed by atoms with Gasteiger partial charge in [-0.1, -0.05) is 18.2 Å². The van der Waals surface area contributed by atoms with Gasteiger partial charge >= 0.3 is 6.03 Å². The lowest BCUT2D eigenvalue weighted by Gasteiger charge is -2.11. The summed E-state index contributed by atoms with van der Waals surface area (Å²) in [5.41, 5.74) is 5.52. The number of hydrazine groups is 1. The molecule has 0 fully saturated rings. The van der Waals surface area contributed by atoms with Crippen molar-refractivity contribution in [3.63, 3.8) is 0 Å². The zero-order valence-electron chi connectivity index (χ0n) is 10.8. The molecule has 0 bridgehead atoms. The van der Waals surface area contributed by atoms with Gasteiger partial charge in [0.2, 0.25) is 5.95 Å². The van der Waals surface area contributed by atoms with E-state index in [0.29, 0.717) is 11.4 Å². The van der Waals surface area contributed by atoms with E-state index in [2.05, 4.69) is 21.2 Å². The second-order valence-corrected chi connectivity index (χ2v) is 4.00. The zero-order chi connectivity index (χ0) is 14.5. The van der Waals surface area contributed by atoms with Crippen LogP contribution in [0.15, 0.2) is 41.2 Å². The number of benzene rings is 1. The molecular weight excluding hydrogens is 260 g/mol. The number of aryl methyl sites for hydroxylation is 1. The fourth-order valence-electron chi connectivity index (χ4n) is 1.49. The lowest BCUT2D eigenvalue weighted by Crippen LogP contribution is -2.39. The molecule has 8 nitrogen and oxygen atoms in total. The molecule has 0 saturated heterocycles. The Morgan fingerprint density at radius 1 is 1.30 bits per heavy atom. The number of hydrogen-bond donors (Lipinski definition) is 4. The minimum Gasteiger partial charge on any atom is -0.333 e. The van der Waals surface area contributed by atoms with Crippen LogP contribution < -0.4 is 27.6 Å². The molecular formula is C12H14N6O2. The number of hydrogen-bond acceptors (Lipinski definition) is 5. The molecule has 20 heavy (non-hydrogen) atoms. The number of aromatic nitrogens is 2. The van der Waals surface area contributed by atoms with Crippen molar-refractivity contribution in [3.05, 3.63) is 52.4 Å². The van der Waals surface area contributed by atoms with E-state index in [-0.39, 0.29) is 5.95 Å². The number of urea groups is 1. The average molecular weight is 274 g/mol. The third-order valence-corrected chi connectivity index (χ3v) is 2.40. The van der Waals surface area contributed by atoms with Crippen molar-refractivity contribution in [1.29, 1.82) is 0 Å². The molecule has 1 heterocycles. The first-order chi connectivity index (χ1) is 9.56. The quantitative estimate of drug-likeness (QED) is 0.478. The molecule has 0 saturated carbocycles. The Kier molecular flexibility index (Phi) is 3.85. The first-order valence-corrected chi connectivity index (χ1v) is 5.80. The summed E-state index contributed by atoms with van der Waals surface area (Å²) in [6.45, 7) is 1.65. The minimum atomic E-state index is -0.507. The van der Waals surface area contributed by atoms with Gasteiger partial charge in [-0.05, 0) is 19.1 Å². The highest BCUT2D eigenvalue weighted by Crippen LogP contribution is 2.04. The van der Waals surface area contributed by atoms with Crippen LogP contribution in [0.3, 0.4) is 0 Å². The van der Waals surface area contributed by atoms with Crippen molar-refractivity contribution in [1.82, 2.24) is 15.1 Å². The van der Waals surface area contributed by atoms with Crippen LogP contribution >= 0.6 is 0 Å². The van der Waals surface area contributed by atoms with Crippen LogP contribution in [0.5, 0.6) is 0 Å². The number of amides is 2. The van der Waals surface area contributed by atoms with E-state index in [9.17, 15) is 9.59 Å². The predicted molar refractivity (Wildman–Crippen MR) is 75.6 cm³/mol. The number of nitrogens with zero attached hydrogens (tertiary/aromatic N) is 2. The summed E-state index contributed by atoms with van der Waals surface area (Å²) in [6.07, 6.45) is 0. The van der Waals surface area contributed by atoms with Gasteiger partial charge in [0, 0.05) is 17.4 Å². The molecule has 8 heteroatoms. The van der Waals surface area contributed by atoms with Gasteiger partial charge in [-0.3, -0.25) is 10.2 Å². The van der Waals surface area contributed by atoms with E-state index in [1.165, 1.54) is 6.07 Å². The second-order valence-electron chi connectivity index (χ2n) is 4.00. The molecule has 2 amide bonds. The van der Waals surface area contributed by atoms with Gasteiger partial charge in [0.15, 0.2) is 0 Å². The third kappa shape index (κ3) is 3.25. The highest BCUT2D eigenvalue weighted by molar-refractivity contribution is 5.89. The Hall–Kier alpha value is -3.03. The van der Waals surface area contributed by atoms with E-state index in [0.717, 1.165) is 4.68 Å². The van der Waals surface area contributed by atoms with E-state index < -0.39 is 11.6 Å². The van der Waals surface area contributed by atoms with E-state index >= 15 is 0 Å². The van der Waals surface area contributed by atoms with E-state index in [4.69, 9.17) is 5.84 Å². The molecule has 0 aliphatic carbocycles. The standard InChI is InChI=1S/C12H14N6O2/c1-8-7-10(19)18(13)11(14-8)16-17-12(20)15-9-5-3-2-4-6-9/h2-7H,13H2,1H3,(H,14,16)(H2,15,17,20). The highest BCUT2D eigenvalue weighted by Gasteiger charge is 2.05. The Bertz CT molecular complexity index is 667. The minimum absolute atomic E-state index is 0.0400. The maximum absolute atomic E-state index is 11.6. The first kappa shape index (κ1) is 13.4. The SMILES string of the molecule is Cc1cc(=O)n(N)c(NNC(=O)Nc2ccccc2)n1. The molecule has 2 aromatic rings. The number of nitrogens with two attached hydrogens (primary N) is 1. The Morgan fingerprint density at radius 3 is 2.70 bits per heavy atom. The summed E-state index contributed by atoms with van der Waals surface area (Å²) in [6, 6.07) is 9.69. The number of nitrogens with one attached hydrogen (secondary N) is 3. The molecule has 0 spiro atoms. The van der Waals surface area contributed by atoms with Crippen molar-refractivity contribution in [2.75, 3.05) is 16.6 Å². The number of nitrogen functional groups attached to an aromatic ring is 1. The molecule has 104 valence electrons. The molecule has 0 radical (unpaired) electrons. The fourth-order valence-corrected chi connectivity index (χ4v) is 1.49. The summed E-state index contributed by atoms with van der Waals surface area (Å²) in [5, 5.41) is 2.59. The second kappa shape index (κ2) is 5.74. The number of carbonyl (C=O) groups is 1. The Morgan fingerprint density at radius 2 is 2.00 bits per heavy atom. The van der Waals surface area contributed by atoms with Crippen LogP contribution in [0.2, 0.25) is 0 Å². The van der Waals surface area contributed by atoms with Crippen LogP contribution in [0.4, 0.5) is 16.4 Å². The number of rotatable bonds is 3. The van der Waals surface area contributed by atoms with E-state index in [1.807, 2.05) is 6.07 Å². The number of para-hydroxylation sites is 1. The van der Waals surface area contributed by atoms with Gasteiger partial charge < -0.3 is 11.2 Å². The van der Waals surface area contributed by atoms with Crippen LogP contribution in [0, 0.1) is 6.92 Å². The van der Waals surface area contributed by atoms with Gasteiger partial charge in [0.1, 0.15) is 0 Å². The van der Waals surface area contributed by atoms with Crippen molar-refractivity contribution >= 4 is 17.7 Å². The monoisotopic (exact) mass is 274 g/mol. The maximum atomic E-state index is 11.6. The molecule has 1 aromatic carbocycles. The van der Waals surface area contributed by atoms with Crippen LogP contribution in [0.1, 0.15) is 5.69 Å². The van der Waals surface area contributed by atoms with Gasteiger partial charge in [0.25, 0.3) is 5.56 Å². The lowest BCUT2D eigenvalue weighted by atomic mass is 10.3. The van der Waals surface area contributed by atoms with Crippen molar-refractivity contribution in [2.24, 2.45) is 0 Å². The number of carbonyl (C=O) groups excluding carboxylic acids is 1. The lowest BCUT2D eigenvalue weighted by molar-refractivity contribution is 0.253. The van der Waals surface area contributed by atoms with Crippen molar-refractivity contribution in [2.45, 2.75) is 6.92 Å². The topological polar surface area (TPSA) is 114 Å². The summed E-state index contributed by atoms with van der Waals surface area (Å²) < 4.78 is 0.801. The van der Waals surface area contributed by atoms with Crippen LogP contribution in [-0.2, 0) is 0 Å². The van der Waals surface area contributed by atoms with Gasteiger partial charge in [0.05, 0.1) is 0 Å². The molecule has 0 aliphatic rings.